The third-order valence-electron chi connectivity index (χ3n) is 4.30. The molecule has 1 aromatic heterocycles. The van der Waals surface area contributed by atoms with Gasteiger partial charge in [-0.2, -0.15) is 0 Å². The molecule has 1 heterocycles. The van der Waals surface area contributed by atoms with Crippen molar-refractivity contribution in [3.05, 3.63) is 40.4 Å². The maximum atomic E-state index is 12.2. The van der Waals surface area contributed by atoms with E-state index in [1.165, 1.54) is 11.3 Å². The van der Waals surface area contributed by atoms with Crippen molar-refractivity contribution < 1.29 is 14.3 Å². The first-order valence-electron chi connectivity index (χ1n) is 8.32. The molecule has 0 aliphatic heterocycles. The van der Waals surface area contributed by atoms with E-state index in [1.54, 1.807) is 7.11 Å². The lowest BCUT2D eigenvalue weighted by Gasteiger charge is -2.26. The number of fused-ring (bicyclic) bond motifs is 1. The van der Waals surface area contributed by atoms with Gasteiger partial charge >= 0.3 is 0 Å². The zero-order chi connectivity index (χ0) is 18.0. The number of ether oxygens (including phenoxy) is 1. The lowest BCUT2D eigenvalue weighted by atomic mass is 9.78. The number of hydrogen-bond donors (Lipinski definition) is 1. The summed E-state index contributed by atoms with van der Waals surface area (Å²) in [5.41, 5.74) is 1.74. The van der Waals surface area contributed by atoms with Crippen molar-refractivity contribution in [2.75, 3.05) is 12.4 Å². The number of aromatic nitrogens is 1. The third kappa shape index (κ3) is 4.07. The summed E-state index contributed by atoms with van der Waals surface area (Å²) in [5.74, 6) is 0.801. The molecule has 0 saturated heterocycles. The minimum Gasteiger partial charge on any atom is -0.496 e. The van der Waals surface area contributed by atoms with Crippen molar-refractivity contribution in [2.45, 2.75) is 39.5 Å². The van der Waals surface area contributed by atoms with E-state index in [4.69, 9.17) is 4.74 Å². The van der Waals surface area contributed by atoms with Crippen LogP contribution in [0.5, 0.6) is 5.75 Å². The van der Waals surface area contributed by atoms with E-state index in [-0.39, 0.29) is 17.1 Å². The van der Waals surface area contributed by atoms with Gasteiger partial charge in [0.25, 0.3) is 0 Å². The number of anilines is 1. The number of hydrogen-bond acceptors (Lipinski definition) is 5. The van der Waals surface area contributed by atoms with Crippen LogP contribution in [0, 0.1) is 5.41 Å². The largest absolute Gasteiger partial charge is 0.496 e. The zero-order valence-corrected chi connectivity index (χ0v) is 15.5. The second kappa shape index (κ2) is 6.96. The Bertz CT molecular complexity index is 811. The number of nitrogens with one attached hydrogen (secondary N) is 1. The number of carbonyl (C=O) groups excluding carboxylic acids is 2. The number of carbonyl (C=O) groups is 2. The summed E-state index contributed by atoms with van der Waals surface area (Å²) in [7, 11) is 1.62. The first-order valence-corrected chi connectivity index (χ1v) is 9.14. The summed E-state index contributed by atoms with van der Waals surface area (Å²) in [4.78, 5) is 29.6. The highest BCUT2D eigenvalue weighted by molar-refractivity contribution is 7.17. The number of amides is 1. The minimum atomic E-state index is -0.108. The molecule has 1 amide bonds. The molecular weight excluding hydrogens is 336 g/mol. The second-order valence-corrected chi connectivity index (χ2v) is 8.09. The van der Waals surface area contributed by atoms with Gasteiger partial charge in [-0.1, -0.05) is 43.4 Å². The fourth-order valence-electron chi connectivity index (χ4n) is 3.11. The highest BCUT2D eigenvalue weighted by atomic mass is 32.1. The van der Waals surface area contributed by atoms with E-state index in [2.05, 4.69) is 24.1 Å². The van der Waals surface area contributed by atoms with E-state index in [0.717, 1.165) is 23.4 Å². The summed E-state index contributed by atoms with van der Waals surface area (Å²) in [6, 6.07) is 7.67. The summed E-state index contributed by atoms with van der Waals surface area (Å²) >= 11 is 1.28. The van der Waals surface area contributed by atoms with Gasteiger partial charge in [0, 0.05) is 12.8 Å². The van der Waals surface area contributed by atoms with Crippen molar-refractivity contribution in [3.63, 3.8) is 0 Å². The molecule has 0 bridgehead atoms. The molecule has 0 unspecified atom stereocenters. The first-order chi connectivity index (χ1) is 11.9. The van der Waals surface area contributed by atoms with Crippen LogP contribution in [-0.4, -0.2) is 23.8 Å². The number of methoxy groups -OCH3 is 1. The Hall–Kier alpha value is -2.21. The number of nitrogens with zero attached hydrogens (tertiary/aromatic N) is 1. The molecular formula is C19H22N2O3S. The predicted molar refractivity (Wildman–Crippen MR) is 98.5 cm³/mol. The number of benzene rings is 1. The van der Waals surface area contributed by atoms with Crippen LogP contribution in [0.3, 0.4) is 0 Å². The molecule has 0 atom stereocenters. The monoisotopic (exact) mass is 358 g/mol. The summed E-state index contributed by atoms with van der Waals surface area (Å²) < 4.78 is 5.30. The van der Waals surface area contributed by atoms with Gasteiger partial charge in [-0.25, -0.2) is 4.98 Å². The summed E-state index contributed by atoms with van der Waals surface area (Å²) in [6.07, 6.45) is 2.22. The van der Waals surface area contributed by atoms with Crippen LogP contribution in [-0.2, 0) is 17.6 Å². The van der Waals surface area contributed by atoms with Crippen molar-refractivity contribution in [2.24, 2.45) is 5.41 Å². The Kier molecular flexibility index (Phi) is 4.90. The average Bonchev–Trinajstić information content (AvgIpc) is 2.94. The van der Waals surface area contributed by atoms with Gasteiger partial charge in [0.2, 0.25) is 5.91 Å². The predicted octanol–water partition coefficient (Wildman–Crippen LogP) is 3.88. The molecule has 0 radical (unpaired) electrons. The zero-order valence-electron chi connectivity index (χ0n) is 14.7. The molecule has 2 aromatic rings. The van der Waals surface area contributed by atoms with Gasteiger partial charge in [-0.05, 0) is 29.9 Å². The van der Waals surface area contributed by atoms with Crippen LogP contribution in [0.2, 0.25) is 0 Å². The molecule has 1 aromatic carbocycles. The van der Waals surface area contributed by atoms with Crippen LogP contribution < -0.4 is 10.1 Å². The van der Waals surface area contributed by atoms with E-state index in [1.807, 2.05) is 24.3 Å². The van der Waals surface area contributed by atoms with Gasteiger partial charge in [0.15, 0.2) is 10.9 Å². The Morgan fingerprint density at radius 2 is 2.08 bits per heavy atom. The first kappa shape index (κ1) is 17.6. The normalized spacial score (nSPS) is 15.6. The smallest absolute Gasteiger partial charge is 0.226 e. The molecule has 0 saturated carbocycles. The van der Waals surface area contributed by atoms with Gasteiger partial charge in [-0.3, -0.25) is 9.59 Å². The maximum absolute atomic E-state index is 12.2. The molecule has 1 aliphatic rings. The van der Waals surface area contributed by atoms with Gasteiger partial charge in [0.05, 0.1) is 17.7 Å². The molecule has 0 spiro atoms. The van der Waals surface area contributed by atoms with Crippen LogP contribution >= 0.6 is 11.3 Å². The maximum Gasteiger partial charge on any atom is 0.226 e. The number of Topliss-reactive ketones (excluding diaryl/α,β-unsaturated/α-hetero) is 1. The topological polar surface area (TPSA) is 68.3 Å². The van der Waals surface area contributed by atoms with Gasteiger partial charge < -0.3 is 10.1 Å². The Morgan fingerprint density at radius 1 is 1.32 bits per heavy atom. The lowest BCUT2D eigenvalue weighted by Crippen LogP contribution is -2.26. The lowest BCUT2D eigenvalue weighted by molar-refractivity contribution is -0.116. The van der Waals surface area contributed by atoms with Gasteiger partial charge in [-0.15, -0.1) is 0 Å². The van der Waals surface area contributed by atoms with E-state index < -0.39 is 0 Å². The highest BCUT2D eigenvalue weighted by Crippen LogP contribution is 2.38. The average molecular weight is 358 g/mol. The van der Waals surface area contributed by atoms with Crippen molar-refractivity contribution in [3.8, 4) is 5.75 Å². The van der Waals surface area contributed by atoms with Crippen LogP contribution in [0.4, 0.5) is 5.13 Å². The van der Waals surface area contributed by atoms with E-state index in [0.29, 0.717) is 29.3 Å². The van der Waals surface area contributed by atoms with Crippen LogP contribution in [0.25, 0.3) is 0 Å². The number of aryl methyl sites for hydroxylation is 1. The van der Waals surface area contributed by atoms with Crippen molar-refractivity contribution >= 4 is 28.2 Å². The standard InChI is InChI=1S/C19H22N2O3S/c1-19(2)10-13-17(14(22)11-19)25-18(20-13)21-16(23)9-8-12-6-4-5-7-15(12)24-3/h4-7H,8-11H2,1-3H3,(H,20,21,23). The minimum absolute atomic E-state index is 0.0662. The molecule has 5 nitrogen and oxygen atoms in total. The van der Waals surface area contributed by atoms with Crippen LogP contribution in [0.15, 0.2) is 24.3 Å². The number of para-hydroxylation sites is 1. The Morgan fingerprint density at radius 3 is 2.84 bits per heavy atom. The Balaban J connectivity index is 1.63. The molecule has 3 rings (SSSR count). The molecule has 132 valence electrons. The molecule has 25 heavy (non-hydrogen) atoms. The molecule has 1 aliphatic carbocycles. The van der Waals surface area contributed by atoms with Crippen LogP contribution in [0.1, 0.15) is 47.6 Å². The third-order valence-corrected chi connectivity index (χ3v) is 5.35. The van der Waals surface area contributed by atoms with Gasteiger partial charge in [0.1, 0.15) is 5.75 Å². The second-order valence-electron chi connectivity index (χ2n) is 7.10. The van der Waals surface area contributed by atoms with E-state index in [9.17, 15) is 9.59 Å². The molecule has 0 fully saturated rings. The fraction of sp³-hybridized carbons (Fsp3) is 0.421. The Labute approximate surface area is 151 Å². The van der Waals surface area contributed by atoms with Crippen molar-refractivity contribution in [1.29, 1.82) is 0 Å². The number of thiazole rings is 1. The highest BCUT2D eigenvalue weighted by Gasteiger charge is 2.34. The number of ketones is 1. The molecule has 1 N–H and O–H groups in total. The molecule has 6 heteroatoms. The summed E-state index contributed by atoms with van der Waals surface area (Å²) in [6.45, 7) is 4.14. The summed E-state index contributed by atoms with van der Waals surface area (Å²) in [5, 5.41) is 3.35. The van der Waals surface area contributed by atoms with E-state index >= 15 is 0 Å². The number of rotatable bonds is 5. The fourth-order valence-corrected chi connectivity index (χ4v) is 4.05. The quantitative estimate of drug-likeness (QED) is 0.881. The van der Waals surface area contributed by atoms with Crippen molar-refractivity contribution in [1.82, 2.24) is 4.98 Å². The SMILES string of the molecule is COc1ccccc1CCC(=O)Nc1nc2c(s1)C(=O)CC(C)(C)C2.